The summed E-state index contributed by atoms with van der Waals surface area (Å²) in [6.45, 7) is 0.288. The van der Waals surface area contributed by atoms with Crippen molar-refractivity contribution < 1.29 is 17.6 Å². The summed E-state index contributed by atoms with van der Waals surface area (Å²) in [6.07, 6.45) is -1.01. The monoisotopic (exact) mass is 329 g/mol. The van der Waals surface area contributed by atoms with Gasteiger partial charge < -0.3 is 10.6 Å². The predicted molar refractivity (Wildman–Crippen MR) is 79.6 cm³/mol. The molecule has 2 fully saturated rings. The molecule has 0 amide bonds. The minimum atomic E-state index is -4.55. The lowest BCUT2D eigenvalue weighted by Crippen LogP contribution is -2.36. The van der Waals surface area contributed by atoms with Crippen molar-refractivity contribution in [3.63, 3.8) is 0 Å². The Morgan fingerprint density at radius 3 is 2.48 bits per heavy atom. The number of halogens is 4. The molecule has 0 atom stereocenters. The molecule has 126 valence electrons. The minimum absolute atomic E-state index is 0.288. The van der Waals surface area contributed by atoms with Gasteiger partial charge in [0.1, 0.15) is 5.82 Å². The first-order chi connectivity index (χ1) is 10.7. The summed E-state index contributed by atoms with van der Waals surface area (Å²) in [7, 11) is 1.86. The van der Waals surface area contributed by atoms with Crippen LogP contribution in [0.3, 0.4) is 0 Å². The predicted octanol–water partition coefficient (Wildman–Crippen LogP) is 3.29. The lowest BCUT2D eigenvalue weighted by molar-refractivity contribution is -0.137. The summed E-state index contributed by atoms with van der Waals surface area (Å²) in [5.74, 6) is -0.473. The number of guanidine groups is 1. The van der Waals surface area contributed by atoms with E-state index in [1.54, 1.807) is 0 Å². The van der Waals surface area contributed by atoms with E-state index in [9.17, 15) is 17.6 Å². The molecule has 0 heterocycles. The second-order valence-corrected chi connectivity index (χ2v) is 6.52. The van der Waals surface area contributed by atoms with Crippen LogP contribution in [0.25, 0.3) is 0 Å². The van der Waals surface area contributed by atoms with Crippen LogP contribution in [0.1, 0.15) is 36.8 Å². The molecule has 2 N–H and O–H groups in total. The first-order valence-corrected chi connectivity index (χ1v) is 7.62. The van der Waals surface area contributed by atoms with Gasteiger partial charge in [-0.25, -0.2) is 4.39 Å². The number of nitrogens with two attached hydrogens (primary N) is 1. The van der Waals surface area contributed by atoms with Crippen LogP contribution in [0.4, 0.5) is 17.6 Å². The van der Waals surface area contributed by atoms with E-state index in [1.165, 1.54) is 6.07 Å². The molecule has 2 aliphatic carbocycles. The molecule has 0 unspecified atom stereocenters. The van der Waals surface area contributed by atoms with Gasteiger partial charge >= 0.3 is 6.18 Å². The van der Waals surface area contributed by atoms with Gasteiger partial charge in [0.15, 0.2) is 5.96 Å². The second kappa shape index (κ2) is 5.39. The van der Waals surface area contributed by atoms with Gasteiger partial charge in [0.2, 0.25) is 0 Å². The molecule has 0 radical (unpaired) electrons. The zero-order chi connectivity index (χ0) is 16.8. The highest BCUT2D eigenvalue weighted by Crippen LogP contribution is 2.49. The van der Waals surface area contributed by atoms with E-state index in [1.807, 2.05) is 11.9 Å². The molecule has 1 aromatic carbocycles. The topological polar surface area (TPSA) is 41.6 Å². The third-order valence-corrected chi connectivity index (χ3v) is 4.69. The zero-order valence-electron chi connectivity index (χ0n) is 12.8. The number of rotatable bonds is 4. The second-order valence-electron chi connectivity index (χ2n) is 6.52. The Kier molecular flexibility index (Phi) is 3.77. The van der Waals surface area contributed by atoms with E-state index in [-0.39, 0.29) is 6.54 Å². The quantitative estimate of drug-likeness (QED) is 0.523. The van der Waals surface area contributed by atoms with Crippen LogP contribution in [0, 0.1) is 5.82 Å². The minimum Gasteiger partial charge on any atom is -0.370 e. The van der Waals surface area contributed by atoms with Gasteiger partial charge in [0.05, 0.1) is 12.1 Å². The summed E-state index contributed by atoms with van der Waals surface area (Å²) in [5.41, 5.74) is 4.81. The molecule has 0 aromatic heterocycles. The van der Waals surface area contributed by atoms with Crippen molar-refractivity contribution in [2.75, 3.05) is 13.6 Å². The van der Waals surface area contributed by atoms with Crippen molar-refractivity contribution in [3.8, 4) is 0 Å². The van der Waals surface area contributed by atoms with E-state index >= 15 is 0 Å². The fourth-order valence-corrected chi connectivity index (χ4v) is 2.74. The molecular formula is C16H19F4N3. The van der Waals surface area contributed by atoms with Crippen LogP contribution < -0.4 is 5.73 Å². The third-order valence-electron chi connectivity index (χ3n) is 4.69. The normalized spacial score (nSPS) is 20.5. The molecule has 2 saturated carbocycles. The molecule has 3 rings (SSSR count). The van der Waals surface area contributed by atoms with Gasteiger partial charge in [0, 0.05) is 18.5 Å². The number of benzene rings is 1. The van der Waals surface area contributed by atoms with Crippen LogP contribution in [0.15, 0.2) is 23.2 Å². The number of hydrogen-bond donors (Lipinski definition) is 1. The lowest BCUT2D eigenvalue weighted by Gasteiger charge is -2.20. The zero-order valence-corrected chi connectivity index (χ0v) is 12.8. The van der Waals surface area contributed by atoms with Crippen molar-refractivity contribution in [2.45, 2.75) is 43.3 Å². The molecule has 3 nitrogen and oxygen atoms in total. The van der Waals surface area contributed by atoms with E-state index in [0.717, 1.165) is 18.9 Å². The van der Waals surface area contributed by atoms with Crippen LogP contribution in [-0.4, -0.2) is 30.5 Å². The van der Waals surface area contributed by atoms with E-state index in [0.29, 0.717) is 36.5 Å². The maximum Gasteiger partial charge on any atom is 0.416 e. The maximum atomic E-state index is 13.6. The van der Waals surface area contributed by atoms with Gasteiger partial charge in [0.25, 0.3) is 0 Å². The number of nitrogens with zero attached hydrogens (tertiary/aromatic N) is 2. The number of alkyl halides is 3. The Labute approximate surface area is 132 Å². The Bertz CT molecular complexity index is 631. The van der Waals surface area contributed by atoms with Crippen LogP contribution in [0.2, 0.25) is 0 Å². The van der Waals surface area contributed by atoms with Crippen molar-refractivity contribution in [1.29, 1.82) is 0 Å². The van der Waals surface area contributed by atoms with Crippen LogP contribution >= 0.6 is 0 Å². The Balaban J connectivity index is 1.80. The Morgan fingerprint density at radius 1 is 1.30 bits per heavy atom. The Morgan fingerprint density at radius 2 is 1.96 bits per heavy atom. The highest BCUT2D eigenvalue weighted by atomic mass is 19.4. The summed E-state index contributed by atoms with van der Waals surface area (Å²) in [5, 5.41) is 0. The molecule has 7 heteroatoms. The van der Waals surface area contributed by atoms with Gasteiger partial charge in [-0.3, -0.25) is 4.99 Å². The summed E-state index contributed by atoms with van der Waals surface area (Å²) in [4.78, 5) is 6.23. The number of aliphatic imine (C=N–C) groups is 1. The number of hydrogen-bond acceptors (Lipinski definition) is 1. The van der Waals surface area contributed by atoms with Gasteiger partial charge in [-0.2, -0.15) is 13.2 Å². The van der Waals surface area contributed by atoms with E-state index < -0.39 is 23.0 Å². The van der Waals surface area contributed by atoms with Gasteiger partial charge in [-0.1, -0.05) is 0 Å². The highest BCUT2D eigenvalue weighted by Gasteiger charge is 2.46. The molecule has 0 bridgehead atoms. The van der Waals surface area contributed by atoms with Crippen molar-refractivity contribution >= 4 is 5.96 Å². The third kappa shape index (κ3) is 3.43. The SMILES string of the molecule is CN(C(N)=NCC1(c2cc(F)cc(C(F)(F)F)c2)CC1)C1CC1. The molecule has 23 heavy (non-hydrogen) atoms. The van der Waals surface area contributed by atoms with Crippen LogP contribution in [0.5, 0.6) is 0 Å². The average molecular weight is 329 g/mol. The summed E-state index contributed by atoms with van der Waals surface area (Å²) >= 11 is 0. The summed E-state index contributed by atoms with van der Waals surface area (Å²) in [6, 6.07) is 3.16. The molecular weight excluding hydrogens is 310 g/mol. The summed E-state index contributed by atoms with van der Waals surface area (Å²) < 4.78 is 52.1. The molecule has 2 aliphatic rings. The van der Waals surface area contributed by atoms with Crippen molar-refractivity contribution in [2.24, 2.45) is 10.7 Å². The fourth-order valence-electron chi connectivity index (χ4n) is 2.74. The van der Waals surface area contributed by atoms with E-state index in [4.69, 9.17) is 5.73 Å². The molecule has 0 saturated heterocycles. The average Bonchev–Trinajstić information content (AvgIpc) is 3.37. The van der Waals surface area contributed by atoms with Crippen LogP contribution in [-0.2, 0) is 11.6 Å². The first kappa shape index (κ1) is 16.1. The first-order valence-electron chi connectivity index (χ1n) is 7.62. The largest absolute Gasteiger partial charge is 0.416 e. The fraction of sp³-hybridized carbons (Fsp3) is 0.562. The van der Waals surface area contributed by atoms with Crippen molar-refractivity contribution in [3.05, 3.63) is 35.1 Å². The maximum absolute atomic E-state index is 13.6. The molecule has 0 spiro atoms. The molecule has 1 aromatic rings. The van der Waals surface area contributed by atoms with Crippen molar-refractivity contribution in [1.82, 2.24) is 4.90 Å². The van der Waals surface area contributed by atoms with Gasteiger partial charge in [-0.15, -0.1) is 0 Å². The lowest BCUT2D eigenvalue weighted by atomic mass is 9.94. The smallest absolute Gasteiger partial charge is 0.370 e. The molecule has 0 aliphatic heterocycles. The standard InChI is InChI=1S/C16H19F4N3/c1-23(13-2-3-13)14(21)22-9-15(4-5-15)10-6-11(16(18,19)20)8-12(17)7-10/h6-8,13H,2-5,9H2,1H3,(H2,21,22). The van der Waals surface area contributed by atoms with Gasteiger partial charge in [-0.05, 0) is 49.4 Å². The Hall–Kier alpha value is -1.79. The highest BCUT2D eigenvalue weighted by molar-refractivity contribution is 5.78. The van der Waals surface area contributed by atoms with E-state index in [2.05, 4.69) is 4.99 Å².